The van der Waals surface area contributed by atoms with Crippen molar-refractivity contribution in [2.75, 3.05) is 51.3 Å². The van der Waals surface area contributed by atoms with E-state index in [4.69, 9.17) is 14.8 Å². The molecule has 2 saturated heterocycles. The van der Waals surface area contributed by atoms with E-state index in [1.165, 1.54) is 11.1 Å². The van der Waals surface area contributed by atoms with Gasteiger partial charge in [0, 0.05) is 75.8 Å². The first-order valence-electron chi connectivity index (χ1n) is 19.5. The second-order valence-corrected chi connectivity index (χ2v) is 17.5. The van der Waals surface area contributed by atoms with E-state index in [1.54, 1.807) is 32.9 Å². The second kappa shape index (κ2) is 17.4. The van der Waals surface area contributed by atoms with E-state index in [0.29, 0.717) is 12.5 Å². The Balaban J connectivity index is 0.00000101. The number of aryl methyl sites for hydroxylation is 2. The summed E-state index contributed by atoms with van der Waals surface area (Å²) in [6.45, 7) is 21.6. The molecule has 0 aliphatic carbocycles. The van der Waals surface area contributed by atoms with Gasteiger partial charge in [-0.05, 0) is 125 Å². The molecule has 3 aromatic rings. The zero-order chi connectivity index (χ0) is 38.5. The zero-order valence-corrected chi connectivity index (χ0v) is 33.5. The van der Waals surface area contributed by atoms with Crippen LogP contribution >= 0.6 is 0 Å². The van der Waals surface area contributed by atoms with Crippen molar-refractivity contribution in [3.8, 4) is 11.1 Å². The summed E-state index contributed by atoms with van der Waals surface area (Å²) in [6.07, 6.45) is 5.18. The molecule has 2 aromatic carbocycles. The number of benzene rings is 2. The SMILES string of the molecule is CC(C)(C)O.Cc1cc(F)ccc1CN1CCc2cc(-c3c(CN(C)CC4CCOCC4)nc(C)c(CC(=O)O)c3N3CCC(C)(C)CC3)ccc2C1. The number of carboxylic acids is 1. The number of hydrogen-bond acceptors (Lipinski definition) is 7. The van der Waals surface area contributed by atoms with Gasteiger partial charge in [0.25, 0.3) is 0 Å². The normalized spacial score (nSPS) is 18.1. The van der Waals surface area contributed by atoms with E-state index < -0.39 is 11.6 Å². The number of ether oxygens (including phenoxy) is 1. The Labute approximate surface area is 317 Å². The molecule has 53 heavy (non-hydrogen) atoms. The molecule has 0 unspecified atom stereocenters. The third-order valence-corrected chi connectivity index (χ3v) is 10.9. The molecule has 0 atom stereocenters. The van der Waals surface area contributed by atoms with Gasteiger partial charge in [-0.1, -0.05) is 38.1 Å². The fraction of sp³-hybridized carbons (Fsp3) is 0.591. The number of aromatic nitrogens is 1. The molecular weight excluding hydrogens is 668 g/mol. The van der Waals surface area contributed by atoms with Crippen molar-refractivity contribution in [2.45, 2.75) is 112 Å². The summed E-state index contributed by atoms with van der Waals surface area (Å²) < 4.78 is 19.4. The Morgan fingerprint density at radius 2 is 1.72 bits per heavy atom. The van der Waals surface area contributed by atoms with Crippen LogP contribution in [0.2, 0.25) is 0 Å². The molecule has 4 heterocycles. The van der Waals surface area contributed by atoms with E-state index >= 15 is 0 Å². The first-order chi connectivity index (χ1) is 25.0. The van der Waals surface area contributed by atoms with E-state index in [9.17, 15) is 14.3 Å². The van der Waals surface area contributed by atoms with Crippen molar-refractivity contribution < 1.29 is 24.1 Å². The third-order valence-electron chi connectivity index (χ3n) is 10.9. The molecule has 9 heteroatoms. The van der Waals surface area contributed by atoms with Crippen molar-refractivity contribution >= 4 is 11.7 Å². The highest BCUT2D eigenvalue weighted by molar-refractivity contribution is 5.87. The Kier molecular flexibility index (Phi) is 13.4. The largest absolute Gasteiger partial charge is 0.481 e. The molecule has 3 aliphatic heterocycles. The minimum Gasteiger partial charge on any atom is -0.481 e. The lowest BCUT2D eigenvalue weighted by molar-refractivity contribution is -0.136. The Bertz CT molecular complexity index is 1710. The van der Waals surface area contributed by atoms with Gasteiger partial charge in [0.05, 0.1) is 23.4 Å². The summed E-state index contributed by atoms with van der Waals surface area (Å²) in [5, 5.41) is 18.6. The lowest BCUT2D eigenvalue weighted by Crippen LogP contribution is -2.39. The maximum absolute atomic E-state index is 13.7. The molecule has 3 aliphatic rings. The highest BCUT2D eigenvalue weighted by Crippen LogP contribution is 2.43. The predicted molar refractivity (Wildman–Crippen MR) is 212 cm³/mol. The van der Waals surface area contributed by atoms with Gasteiger partial charge in [-0.3, -0.25) is 14.7 Å². The molecule has 0 spiro atoms. The minimum absolute atomic E-state index is 0.0397. The van der Waals surface area contributed by atoms with Crippen LogP contribution in [0.25, 0.3) is 11.1 Å². The topological polar surface area (TPSA) is 89.4 Å². The number of piperidine rings is 1. The average Bonchev–Trinajstić information content (AvgIpc) is 3.06. The average molecular weight is 731 g/mol. The third kappa shape index (κ3) is 11.6. The van der Waals surface area contributed by atoms with Gasteiger partial charge in [-0.2, -0.15) is 0 Å². The molecule has 1 aromatic heterocycles. The molecule has 2 fully saturated rings. The van der Waals surface area contributed by atoms with Crippen LogP contribution in [0, 0.1) is 31.0 Å². The van der Waals surface area contributed by atoms with E-state index in [-0.39, 0.29) is 17.7 Å². The van der Waals surface area contributed by atoms with Gasteiger partial charge in [-0.15, -0.1) is 0 Å². The summed E-state index contributed by atoms with van der Waals surface area (Å²) in [5.74, 6) is -0.406. The molecule has 6 rings (SSSR count). The van der Waals surface area contributed by atoms with Crippen LogP contribution in [0.4, 0.5) is 10.1 Å². The second-order valence-electron chi connectivity index (χ2n) is 17.5. The maximum Gasteiger partial charge on any atom is 0.307 e. The molecule has 2 N–H and O–H groups in total. The van der Waals surface area contributed by atoms with Gasteiger partial charge < -0.3 is 24.7 Å². The number of pyridine rings is 1. The minimum atomic E-state index is -0.823. The fourth-order valence-electron chi connectivity index (χ4n) is 7.92. The van der Waals surface area contributed by atoms with Crippen molar-refractivity contribution in [3.05, 3.63) is 81.4 Å². The molecule has 0 saturated carbocycles. The number of rotatable bonds is 10. The maximum atomic E-state index is 13.7. The van der Waals surface area contributed by atoms with Crippen LogP contribution in [-0.2, 0) is 42.0 Å². The van der Waals surface area contributed by atoms with E-state index in [0.717, 1.165) is 129 Å². The number of aliphatic hydroxyl groups is 1. The van der Waals surface area contributed by atoms with Gasteiger partial charge >= 0.3 is 5.97 Å². The highest BCUT2D eigenvalue weighted by Gasteiger charge is 2.32. The lowest BCUT2D eigenvalue weighted by atomic mass is 9.81. The van der Waals surface area contributed by atoms with E-state index in [1.807, 2.05) is 19.9 Å². The Morgan fingerprint density at radius 1 is 1.04 bits per heavy atom. The zero-order valence-electron chi connectivity index (χ0n) is 33.5. The summed E-state index contributed by atoms with van der Waals surface area (Å²) >= 11 is 0. The van der Waals surface area contributed by atoms with Crippen molar-refractivity contribution in [1.29, 1.82) is 0 Å². The van der Waals surface area contributed by atoms with Gasteiger partial charge in [0.1, 0.15) is 5.82 Å². The summed E-state index contributed by atoms with van der Waals surface area (Å²) in [5.41, 5.74) is 10.6. The van der Waals surface area contributed by atoms with Gasteiger partial charge in [-0.25, -0.2) is 4.39 Å². The van der Waals surface area contributed by atoms with Crippen molar-refractivity contribution in [1.82, 2.24) is 14.8 Å². The van der Waals surface area contributed by atoms with Crippen molar-refractivity contribution in [3.63, 3.8) is 0 Å². The Hall–Kier alpha value is -3.37. The summed E-state index contributed by atoms with van der Waals surface area (Å²) in [7, 11) is 2.19. The smallest absolute Gasteiger partial charge is 0.307 e. The monoisotopic (exact) mass is 730 g/mol. The number of aliphatic carboxylic acids is 1. The van der Waals surface area contributed by atoms with E-state index in [2.05, 4.69) is 53.8 Å². The molecule has 290 valence electrons. The molecule has 0 radical (unpaired) electrons. The van der Waals surface area contributed by atoms with Gasteiger partial charge in [0.2, 0.25) is 0 Å². The van der Waals surface area contributed by atoms with Gasteiger partial charge in [0.15, 0.2) is 0 Å². The number of anilines is 1. The molecule has 8 nitrogen and oxygen atoms in total. The Morgan fingerprint density at radius 3 is 2.36 bits per heavy atom. The lowest BCUT2D eigenvalue weighted by Gasteiger charge is -2.40. The van der Waals surface area contributed by atoms with Crippen LogP contribution in [0.1, 0.15) is 99.5 Å². The van der Waals surface area contributed by atoms with Crippen LogP contribution in [0.3, 0.4) is 0 Å². The first-order valence-corrected chi connectivity index (χ1v) is 19.5. The number of halogens is 1. The highest BCUT2D eigenvalue weighted by atomic mass is 19.1. The van der Waals surface area contributed by atoms with Crippen LogP contribution in [-0.4, -0.2) is 83.0 Å². The summed E-state index contributed by atoms with van der Waals surface area (Å²) in [4.78, 5) is 24.8. The standard InChI is InChI=1S/C40H53FN4O3.C4H10O/c1-27-20-34(41)9-8-32(27)24-44-15-10-30-21-31(6-7-33(30)25-44)38-36(26-43(5)23-29-11-18-48-19-12-29)42-28(2)35(22-37(46)47)39(38)45-16-13-40(3,4)14-17-45;1-4(2,3)5/h6-9,20-21,29H,10-19,22-26H2,1-5H3,(H,46,47);5H,1-3H3. The predicted octanol–water partition coefficient (Wildman–Crippen LogP) is 7.95. The van der Waals surface area contributed by atoms with Crippen molar-refractivity contribution in [2.24, 2.45) is 11.3 Å². The number of carbonyl (C=O) groups is 1. The quantitative estimate of drug-likeness (QED) is 0.217. The fourth-order valence-corrected chi connectivity index (χ4v) is 7.92. The first kappa shape index (κ1) is 40.8. The van der Waals surface area contributed by atoms with Crippen LogP contribution in [0.5, 0.6) is 0 Å². The molecule has 0 amide bonds. The molecule has 0 bridgehead atoms. The number of hydrogen-bond donors (Lipinski definition) is 2. The number of nitrogens with zero attached hydrogens (tertiary/aromatic N) is 4. The number of carboxylic acid groups (broad SMARTS) is 1. The summed E-state index contributed by atoms with van der Waals surface area (Å²) in [6, 6.07) is 11.9. The van der Waals surface area contributed by atoms with Crippen LogP contribution in [0.15, 0.2) is 36.4 Å². The van der Waals surface area contributed by atoms with Crippen LogP contribution < -0.4 is 4.90 Å². The number of fused-ring (bicyclic) bond motifs is 1. The molecular formula is C44H63FN4O4.